The molecular formula is C23H23Cl2NOS. The quantitative estimate of drug-likeness (QED) is 0.326. The number of aromatic nitrogens is 1. The van der Waals surface area contributed by atoms with Gasteiger partial charge in [-0.05, 0) is 41.7 Å². The van der Waals surface area contributed by atoms with E-state index in [-0.39, 0.29) is 10.8 Å². The molecule has 146 valence electrons. The molecule has 28 heavy (non-hydrogen) atoms. The molecule has 4 aromatic rings. The number of fused-ring (bicyclic) bond motifs is 2. The van der Waals surface area contributed by atoms with Gasteiger partial charge in [-0.2, -0.15) is 0 Å². The molecule has 0 N–H and O–H groups in total. The second kappa shape index (κ2) is 6.76. The first-order valence-electron chi connectivity index (χ1n) is 9.33. The van der Waals surface area contributed by atoms with E-state index >= 15 is 0 Å². The molecule has 2 heterocycles. The van der Waals surface area contributed by atoms with Crippen molar-refractivity contribution in [3.63, 3.8) is 0 Å². The Labute approximate surface area is 179 Å². The van der Waals surface area contributed by atoms with E-state index in [9.17, 15) is 0 Å². The molecule has 0 bridgehead atoms. The van der Waals surface area contributed by atoms with Crippen molar-refractivity contribution in [2.45, 2.75) is 51.9 Å². The monoisotopic (exact) mass is 431 g/mol. The number of halogens is 2. The summed E-state index contributed by atoms with van der Waals surface area (Å²) in [4.78, 5) is 6.02. The van der Waals surface area contributed by atoms with E-state index in [4.69, 9.17) is 27.6 Å². The predicted octanol–water partition coefficient (Wildman–Crippen LogP) is 8.17. The highest BCUT2D eigenvalue weighted by Crippen LogP contribution is 2.40. The number of para-hydroxylation sites is 1. The summed E-state index contributed by atoms with van der Waals surface area (Å²) in [7, 11) is 0. The topological polar surface area (TPSA) is 26.0 Å². The van der Waals surface area contributed by atoms with Crippen LogP contribution in [0.3, 0.4) is 0 Å². The summed E-state index contributed by atoms with van der Waals surface area (Å²) >= 11 is 14.9. The lowest BCUT2D eigenvalue weighted by Crippen LogP contribution is -2.21. The maximum absolute atomic E-state index is 6.84. The highest BCUT2D eigenvalue weighted by atomic mass is 35.5. The van der Waals surface area contributed by atoms with E-state index in [1.165, 1.54) is 9.58 Å². The van der Waals surface area contributed by atoms with E-state index in [0.29, 0.717) is 16.5 Å². The minimum absolute atomic E-state index is 0.115. The molecule has 4 rings (SSSR count). The minimum Gasteiger partial charge on any atom is -0.439 e. The van der Waals surface area contributed by atoms with Gasteiger partial charge >= 0.3 is 0 Å². The van der Waals surface area contributed by atoms with Gasteiger partial charge in [0.15, 0.2) is 5.58 Å². The third kappa shape index (κ3) is 3.45. The fraction of sp³-hybridized carbons (Fsp3) is 0.348. The third-order valence-electron chi connectivity index (χ3n) is 5.03. The molecule has 0 spiro atoms. The van der Waals surface area contributed by atoms with Gasteiger partial charge in [-0.25, -0.2) is 4.98 Å². The van der Waals surface area contributed by atoms with Gasteiger partial charge in [0, 0.05) is 20.4 Å². The van der Waals surface area contributed by atoms with Gasteiger partial charge in [-0.1, -0.05) is 70.0 Å². The largest absolute Gasteiger partial charge is 0.439 e. The molecule has 5 heteroatoms. The van der Waals surface area contributed by atoms with Crippen LogP contribution in [-0.4, -0.2) is 4.98 Å². The lowest BCUT2D eigenvalue weighted by atomic mass is 9.85. The number of benzene rings is 2. The molecule has 0 fully saturated rings. The lowest BCUT2D eigenvalue weighted by Gasteiger charge is -2.21. The van der Waals surface area contributed by atoms with Crippen LogP contribution in [0.5, 0.6) is 0 Å². The molecule has 0 aliphatic rings. The third-order valence-corrected chi connectivity index (χ3v) is 7.30. The van der Waals surface area contributed by atoms with Crippen LogP contribution in [0.25, 0.3) is 21.2 Å². The predicted molar refractivity (Wildman–Crippen MR) is 121 cm³/mol. The Bertz CT molecular complexity index is 1180. The molecular weight excluding hydrogens is 409 g/mol. The van der Waals surface area contributed by atoms with Crippen molar-refractivity contribution in [1.82, 2.24) is 4.98 Å². The van der Waals surface area contributed by atoms with Crippen molar-refractivity contribution < 1.29 is 4.42 Å². The van der Waals surface area contributed by atoms with E-state index in [2.05, 4.69) is 57.8 Å². The van der Waals surface area contributed by atoms with Crippen LogP contribution < -0.4 is 0 Å². The van der Waals surface area contributed by atoms with Crippen LogP contribution in [0.1, 0.15) is 51.0 Å². The fourth-order valence-electron chi connectivity index (χ4n) is 3.39. The second-order valence-corrected chi connectivity index (χ2v) is 10.8. The number of rotatable bonds is 3. The standard InChI is InChI=1S/C23H23Cl2NOS/c1-22(2,3)18-11-14-17(28-18)10-9-13(19(14)25)12-23(4,5)21-26-16-8-6-7-15(24)20(16)27-21/h6-11H,12H2,1-5H3. The van der Waals surface area contributed by atoms with Gasteiger partial charge in [-0.15, -0.1) is 11.3 Å². The molecule has 0 atom stereocenters. The van der Waals surface area contributed by atoms with E-state index in [1.54, 1.807) is 0 Å². The van der Waals surface area contributed by atoms with Gasteiger partial charge < -0.3 is 4.42 Å². The van der Waals surface area contributed by atoms with Crippen molar-refractivity contribution in [1.29, 1.82) is 0 Å². The molecule has 0 aliphatic heterocycles. The molecule has 0 unspecified atom stereocenters. The zero-order chi connectivity index (χ0) is 20.3. The Morgan fingerprint density at radius 2 is 1.79 bits per heavy atom. The molecule has 2 aromatic heterocycles. The normalized spacial score (nSPS) is 13.0. The van der Waals surface area contributed by atoms with Crippen LogP contribution in [-0.2, 0) is 17.3 Å². The van der Waals surface area contributed by atoms with Crippen molar-refractivity contribution in [3.8, 4) is 0 Å². The first-order valence-corrected chi connectivity index (χ1v) is 10.9. The Kier molecular flexibility index (Phi) is 4.77. The Morgan fingerprint density at radius 3 is 2.46 bits per heavy atom. The fourth-order valence-corrected chi connectivity index (χ4v) is 5.06. The molecule has 0 saturated carbocycles. The van der Waals surface area contributed by atoms with Crippen molar-refractivity contribution in [3.05, 3.63) is 62.8 Å². The van der Waals surface area contributed by atoms with E-state index < -0.39 is 0 Å². The van der Waals surface area contributed by atoms with E-state index in [1.807, 2.05) is 29.5 Å². The highest BCUT2D eigenvalue weighted by molar-refractivity contribution is 7.19. The summed E-state index contributed by atoms with van der Waals surface area (Å²) in [5.74, 6) is 0.674. The number of nitrogens with zero attached hydrogens (tertiary/aromatic N) is 1. The van der Waals surface area contributed by atoms with Crippen LogP contribution in [0.2, 0.25) is 10.0 Å². The summed E-state index contributed by atoms with van der Waals surface area (Å²) in [6.07, 6.45) is 0.729. The zero-order valence-electron chi connectivity index (χ0n) is 16.7. The maximum Gasteiger partial charge on any atom is 0.201 e. The molecule has 2 nitrogen and oxygen atoms in total. The second-order valence-electron chi connectivity index (χ2n) is 8.98. The average molecular weight is 432 g/mol. The van der Waals surface area contributed by atoms with Crippen molar-refractivity contribution >= 4 is 55.7 Å². The molecule has 0 saturated heterocycles. The number of hydrogen-bond donors (Lipinski definition) is 0. The highest BCUT2D eigenvalue weighted by Gasteiger charge is 2.29. The zero-order valence-corrected chi connectivity index (χ0v) is 19.0. The van der Waals surface area contributed by atoms with Crippen LogP contribution in [0.15, 0.2) is 40.8 Å². The molecule has 2 aromatic carbocycles. The summed E-state index contributed by atoms with van der Waals surface area (Å²) < 4.78 is 7.25. The summed E-state index contributed by atoms with van der Waals surface area (Å²) in [6.45, 7) is 10.9. The first kappa shape index (κ1) is 19.8. The first-order chi connectivity index (χ1) is 13.1. The van der Waals surface area contributed by atoms with Crippen molar-refractivity contribution in [2.75, 3.05) is 0 Å². The van der Waals surface area contributed by atoms with Crippen LogP contribution >= 0.6 is 34.5 Å². The smallest absolute Gasteiger partial charge is 0.201 e. The minimum atomic E-state index is -0.317. The van der Waals surface area contributed by atoms with Gasteiger partial charge in [0.05, 0.1) is 10.0 Å². The van der Waals surface area contributed by atoms with Gasteiger partial charge in [0.2, 0.25) is 5.89 Å². The molecule has 0 radical (unpaired) electrons. The number of oxazole rings is 1. The maximum atomic E-state index is 6.84. The molecule has 0 amide bonds. The Hall–Kier alpha value is -1.55. The van der Waals surface area contributed by atoms with E-state index in [0.717, 1.165) is 27.9 Å². The summed E-state index contributed by atoms with van der Waals surface area (Å²) in [5.41, 5.74) is 2.32. The Morgan fingerprint density at radius 1 is 1.04 bits per heavy atom. The SMILES string of the molecule is CC(C)(C)c1cc2c(Cl)c(CC(C)(C)c3nc4cccc(Cl)c4o3)ccc2s1. The Balaban J connectivity index is 1.73. The van der Waals surface area contributed by atoms with Gasteiger partial charge in [0.1, 0.15) is 5.52 Å². The van der Waals surface area contributed by atoms with Gasteiger partial charge in [0.25, 0.3) is 0 Å². The van der Waals surface area contributed by atoms with Crippen LogP contribution in [0.4, 0.5) is 0 Å². The van der Waals surface area contributed by atoms with Crippen LogP contribution in [0, 0.1) is 0 Å². The average Bonchev–Trinajstić information content (AvgIpc) is 3.22. The summed E-state index contributed by atoms with van der Waals surface area (Å²) in [6, 6.07) is 12.2. The lowest BCUT2D eigenvalue weighted by molar-refractivity contribution is 0.381. The molecule has 0 aliphatic carbocycles. The number of thiophene rings is 1. The number of hydrogen-bond acceptors (Lipinski definition) is 3. The summed E-state index contributed by atoms with van der Waals surface area (Å²) in [5, 5.41) is 2.54. The van der Waals surface area contributed by atoms with Gasteiger partial charge in [-0.3, -0.25) is 0 Å². The van der Waals surface area contributed by atoms with Crippen molar-refractivity contribution in [2.24, 2.45) is 0 Å².